The zero-order chi connectivity index (χ0) is 20.1. The summed E-state index contributed by atoms with van der Waals surface area (Å²) >= 11 is 0. The molecule has 0 saturated carbocycles. The molecule has 1 aliphatic rings. The number of carbonyl (C=O) groups is 2. The van der Waals surface area contributed by atoms with Gasteiger partial charge in [0.2, 0.25) is 11.8 Å². The highest BCUT2D eigenvalue weighted by Crippen LogP contribution is 2.22. The van der Waals surface area contributed by atoms with Gasteiger partial charge in [-0.25, -0.2) is 4.39 Å². The highest BCUT2D eigenvalue weighted by Gasteiger charge is 2.29. The smallest absolute Gasteiger partial charge is 0.241 e. The molecule has 0 bridgehead atoms. The van der Waals surface area contributed by atoms with E-state index in [-0.39, 0.29) is 29.6 Å². The summed E-state index contributed by atoms with van der Waals surface area (Å²) in [5, 5.41) is 5.72. The fourth-order valence-electron chi connectivity index (χ4n) is 3.40. The summed E-state index contributed by atoms with van der Waals surface area (Å²) in [6.07, 6.45) is 1.41. The first-order valence-corrected chi connectivity index (χ1v) is 9.61. The molecule has 6 heteroatoms. The number of nitrogens with one attached hydrogen (secondary N) is 2. The second-order valence-corrected chi connectivity index (χ2v) is 7.29. The van der Waals surface area contributed by atoms with Crippen LogP contribution < -0.4 is 10.6 Å². The topological polar surface area (TPSA) is 61.4 Å². The highest BCUT2D eigenvalue weighted by atomic mass is 19.1. The second kappa shape index (κ2) is 8.97. The summed E-state index contributed by atoms with van der Waals surface area (Å²) in [5.41, 5.74) is 1.80. The number of amides is 2. The van der Waals surface area contributed by atoms with Crippen molar-refractivity contribution in [2.45, 2.75) is 32.7 Å². The summed E-state index contributed by atoms with van der Waals surface area (Å²) < 4.78 is 13.7. The molecule has 1 aliphatic heterocycles. The van der Waals surface area contributed by atoms with E-state index in [2.05, 4.69) is 15.5 Å². The Morgan fingerprint density at radius 2 is 1.71 bits per heavy atom. The lowest BCUT2D eigenvalue weighted by atomic mass is 9.94. The Morgan fingerprint density at radius 1 is 1.04 bits per heavy atom. The summed E-state index contributed by atoms with van der Waals surface area (Å²) in [6.45, 7) is 4.86. The van der Waals surface area contributed by atoms with Crippen molar-refractivity contribution < 1.29 is 14.0 Å². The zero-order valence-corrected chi connectivity index (χ0v) is 16.2. The number of aryl methyl sites for hydroxylation is 1. The Kier molecular flexibility index (Phi) is 6.41. The first-order chi connectivity index (χ1) is 13.4. The fraction of sp³-hybridized carbons (Fsp3) is 0.364. The number of anilines is 2. The Morgan fingerprint density at radius 3 is 2.36 bits per heavy atom. The summed E-state index contributed by atoms with van der Waals surface area (Å²) in [5.74, 6) is -0.540. The highest BCUT2D eigenvalue weighted by molar-refractivity contribution is 5.95. The minimum Gasteiger partial charge on any atom is -0.326 e. The van der Waals surface area contributed by atoms with Crippen LogP contribution in [-0.2, 0) is 9.59 Å². The number of benzene rings is 2. The molecule has 148 valence electrons. The molecule has 1 saturated heterocycles. The van der Waals surface area contributed by atoms with Crippen LogP contribution in [0.2, 0.25) is 0 Å². The van der Waals surface area contributed by atoms with Crippen molar-refractivity contribution in [1.82, 2.24) is 4.90 Å². The minimum atomic E-state index is -0.345. The van der Waals surface area contributed by atoms with Crippen molar-refractivity contribution in [3.05, 3.63) is 59.9 Å². The number of hydrogen-bond donors (Lipinski definition) is 2. The van der Waals surface area contributed by atoms with Crippen LogP contribution in [0.4, 0.5) is 15.8 Å². The van der Waals surface area contributed by atoms with Crippen LogP contribution in [0.15, 0.2) is 48.5 Å². The fourth-order valence-corrected chi connectivity index (χ4v) is 3.40. The van der Waals surface area contributed by atoms with Crippen molar-refractivity contribution >= 4 is 23.2 Å². The van der Waals surface area contributed by atoms with Crippen LogP contribution in [0.3, 0.4) is 0 Å². The van der Waals surface area contributed by atoms with Gasteiger partial charge in [0.1, 0.15) is 5.82 Å². The molecular formula is C22H26FN3O2. The van der Waals surface area contributed by atoms with Gasteiger partial charge in [0, 0.05) is 17.3 Å². The average Bonchev–Trinajstić information content (AvgIpc) is 2.71. The molecular weight excluding hydrogens is 357 g/mol. The van der Waals surface area contributed by atoms with Crippen molar-refractivity contribution in [3.63, 3.8) is 0 Å². The third-order valence-electron chi connectivity index (χ3n) is 5.31. The number of piperidine rings is 1. The summed E-state index contributed by atoms with van der Waals surface area (Å²) in [6, 6.07) is 13.8. The van der Waals surface area contributed by atoms with Crippen LogP contribution >= 0.6 is 0 Å². The van der Waals surface area contributed by atoms with E-state index in [1.54, 1.807) is 19.1 Å². The molecule has 2 amide bonds. The van der Waals surface area contributed by atoms with Gasteiger partial charge in [-0.3, -0.25) is 14.5 Å². The van der Waals surface area contributed by atoms with Crippen LogP contribution in [0.1, 0.15) is 25.3 Å². The number of nitrogens with zero attached hydrogens (tertiary/aromatic N) is 1. The van der Waals surface area contributed by atoms with Crippen molar-refractivity contribution in [2.24, 2.45) is 5.92 Å². The number of hydrogen-bond acceptors (Lipinski definition) is 3. The quantitative estimate of drug-likeness (QED) is 0.825. The zero-order valence-electron chi connectivity index (χ0n) is 16.2. The number of halogens is 1. The second-order valence-electron chi connectivity index (χ2n) is 7.29. The van der Waals surface area contributed by atoms with Crippen LogP contribution in [0, 0.1) is 18.7 Å². The van der Waals surface area contributed by atoms with Gasteiger partial charge in [0.15, 0.2) is 0 Å². The first-order valence-electron chi connectivity index (χ1n) is 9.61. The number of carbonyl (C=O) groups excluding carboxylic acids is 2. The number of rotatable bonds is 5. The first kappa shape index (κ1) is 20.0. The lowest BCUT2D eigenvalue weighted by Crippen LogP contribution is -2.47. The van der Waals surface area contributed by atoms with E-state index in [1.165, 1.54) is 6.07 Å². The molecule has 1 atom stereocenters. The molecule has 2 aromatic carbocycles. The van der Waals surface area contributed by atoms with E-state index in [9.17, 15) is 14.0 Å². The van der Waals surface area contributed by atoms with Crippen LogP contribution in [0.5, 0.6) is 0 Å². The van der Waals surface area contributed by atoms with Crippen molar-refractivity contribution in [2.75, 3.05) is 23.7 Å². The number of para-hydroxylation sites is 1. The third kappa shape index (κ3) is 4.95. The predicted molar refractivity (Wildman–Crippen MR) is 109 cm³/mol. The molecule has 5 nitrogen and oxygen atoms in total. The van der Waals surface area contributed by atoms with Crippen LogP contribution in [0.25, 0.3) is 0 Å². The Hall–Kier alpha value is -2.73. The molecule has 0 unspecified atom stereocenters. The van der Waals surface area contributed by atoms with Crippen molar-refractivity contribution in [1.29, 1.82) is 0 Å². The van der Waals surface area contributed by atoms with Gasteiger partial charge >= 0.3 is 0 Å². The Balaban J connectivity index is 1.50. The third-order valence-corrected chi connectivity index (χ3v) is 5.31. The molecule has 1 fully saturated rings. The van der Waals surface area contributed by atoms with Gasteiger partial charge in [0.25, 0.3) is 0 Å². The maximum atomic E-state index is 13.7. The lowest BCUT2D eigenvalue weighted by molar-refractivity contribution is -0.123. The summed E-state index contributed by atoms with van der Waals surface area (Å²) in [7, 11) is 0. The molecule has 28 heavy (non-hydrogen) atoms. The van der Waals surface area contributed by atoms with E-state index >= 15 is 0 Å². The molecule has 0 aliphatic carbocycles. The van der Waals surface area contributed by atoms with Gasteiger partial charge in [-0.2, -0.15) is 0 Å². The Bertz CT molecular complexity index is 833. The predicted octanol–water partition coefficient (Wildman–Crippen LogP) is 3.81. The number of likely N-dealkylation sites (tertiary alicyclic amines) is 1. The lowest BCUT2D eigenvalue weighted by Gasteiger charge is -2.34. The molecule has 1 heterocycles. The molecule has 0 radical (unpaired) electrons. The Labute approximate surface area is 164 Å². The van der Waals surface area contributed by atoms with Gasteiger partial charge < -0.3 is 10.6 Å². The maximum Gasteiger partial charge on any atom is 0.241 e. The largest absolute Gasteiger partial charge is 0.326 e. The molecule has 2 N–H and O–H groups in total. The van der Waals surface area contributed by atoms with Crippen molar-refractivity contribution in [3.8, 4) is 0 Å². The van der Waals surface area contributed by atoms with Gasteiger partial charge in [-0.1, -0.05) is 24.3 Å². The van der Waals surface area contributed by atoms with Gasteiger partial charge in [-0.15, -0.1) is 0 Å². The van der Waals surface area contributed by atoms with Crippen LogP contribution in [-0.4, -0.2) is 35.8 Å². The SMILES string of the molecule is Cc1ccc(NC(=O)[C@H](C)N2CCC(C(=O)Nc3ccccc3)CC2)cc1F. The van der Waals surface area contributed by atoms with Gasteiger partial charge in [-0.05, 0) is 69.6 Å². The molecule has 0 aromatic heterocycles. The summed E-state index contributed by atoms with van der Waals surface area (Å²) in [4.78, 5) is 27.0. The average molecular weight is 383 g/mol. The normalized spacial score (nSPS) is 16.4. The van der Waals surface area contributed by atoms with E-state index < -0.39 is 0 Å². The molecule has 3 rings (SSSR count). The molecule has 0 spiro atoms. The minimum absolute atomic E-state index is 0.0260. The monoisotopic (exact) mass is 383 g/mol. The molecule has 2 aromatic rings. The van der Waals surface area contributed by atoms with E-state index in [0.29, 0.717) is 37.2 Å². The van der Waals surface area contributed by atoms with E-state index in [1.807, 2.05) is 37.3 Å². The van der Waals surface area contributed by atoms with E-state index in [0.717, 1.165) is 5.69 Å². The van der Waals surface area contributed by atoms with Gasteiger partial charge in [0.05, 0.1) is 6.04 Å². The maximum absolute atomic E-state index is 13.7. The standard InChI is InChI=1S/C22H26FN3O2/c1-15-8-9-19(14-20(15)23)25-21(27)16(2)26-12-10-17(11-13-26)22(28)24-18-6-4-3-5-7-18/h3-9,14,16-17H,10-13H2,1-2H3,(H,24,28)(H,25,27)/t16-/m0/s1. The van der Waals surface area contributed by atoms with E-state index in [4.69, 9.17) is 0 Å².